The number of rotatable bonds is 1. The molecule has 0 spiro atoms. The number of nitrogens with one attached hydrogen (secondary N) is 2. The van der Waals surface area contributed by atoms with Crippen LogP contribution in [0.5, 0.6) is 0 Å². The SMILES string of the molecule is CN1C(=O)NC(C2CCNCC2)C1=O. The molecule has 0 aliphatic carbocycles. The van der Waals surface area contributed by atoms with Crippen molar-refractivity contribution in [2.24, 2.45) is 5.92 Å². The van der Waals surface area contributed by atoms with E-state index in [2.05, 4.69) is 10.6 Å². The van der Waals surface area contributed by atoms with Crippen LogP contribution in [0.2, 0.25) is 0 Å². The van der Waals surface area contributed by atoms with E-state index in [4.69, 9.17) is 0 Å². The Labute approximate surface area is 82.8 Å². The molecule has 2 N–H and O–H groups in total. The van der Waals surface area contributed by atoms with Gasteiger partial charge >= 0.3 is 6.03 Å². The minimum atomic E-state index is -0.283. The Balaban J connectivity index is 2.04. The molecule has 2 heterocycles. The molecule has 0 aromatic rings. The van der Waals surface area contributed by atoms with Gasteiger partial charge in [-0.05, 0) is 31.8 Å². The molecule has 1 unspecified atom stereocenters. The first-order chi connectivity index (χ1) is 6.70. The van der Waals surface area contributed by atoms with E-state index >= 15 is 0 Å². The average molecular weight is 197 g/mol. The number of imide groups is 1. The molecule has 0 bridgehead atoms. The summed E-state index contributed by atoms with van der Waals surface area (Å²) in [5.41, 5.74) is 0. The average Bonchev–Trinajstić information content (AvgIpc) is 2.47. The summed E-state index contributed by atoms with van der Waals surface area (Å²) < 4.78 is 0. The second-order valence-electron chi connectivity index (χ2n) is 3.91. The zero-order valence-electron chi connectivity index (χ0n) is 8.25. The molecule has 78 valence electrons. The van der Waals surface area contributed by atoms with E-state index in [9.17, 15) is 9.59 Å². The number of amides is 3. The monoisotopic (exact) mass is 197 g/mol. The summed E-state index contributed by atoms with van der Waals surface area (Å²) in [6, 6.07) is -0.548. The van der Waals surface area contributed by atoms with Gasteiger partial charge in [0, 0.05) is 7.05 Å². The van der Waals surface area contributed by atoms with Crippen molar-refractivity contribution in [3.8, 4) is 0 Å². The smallest absolute Gasteiger partial charge is 0.324 e. The molecule has 0 aromatic carbocycles. The molecule has 0 radical (unpaired) electrons. The van der Waals surface area contributed by atoms with Crippen molar-refractivity contribution < 1.29 is 9.59 Å². The molecule has 0 aromatic heterocycles. The topological polar surface area (TPSA) is 61.4 Å². The highest BCUT2D eigenvalue weighted by Gasteiger charge is 2.40. The van der Waals surface area contributed by atoms with Gasteiger partial charge in [-0.2, -0.15) is 0 Å². The number of hydrogen-bond donors (Lipinski definition) is 2. The summed E-state index contributed by atoms with van der Waals surface area (Å²) in [7, 11) is 1.53. The number of urea groups is 1. The standard InChI is InChI=1S/C9H15N3O2/c1-12-8(13)7(11-9(12)14)6-2-4-10-5-3-6/h6-7,10H,2-5H2,1H3,(H,11,14). The third kappa shape index (κ3) is 1.48. The van der Waals surface area contributed by atoms with Crippen LogP contribution < -0.4 is 10.6 Å². The second kappa shape index (κ2) is 3.57. The lowest BCUT2D eigenvalue weighted by molar-refractivity contribution is -0.127. The van der Waals surface area contributed by atoms with Crippen molar-refractivity contribution in [1.82, 2.24) is 15.5 Å². The molecular formula is C9H15N3O2. The number of likely N-dealkylation sites (N-methyl/N-ethyl adjacent to an activating group) is 1. The number of carbonyl (C=O) groups is 2. The Kier molecular flexibility index (Phi) is 2.41. The number of piperidine rings is 1. The Bertz CT molecular complexity index is 261. The quantitative estimate of drug-likeness (QED) is 0.559. The zero-order valence-corrected chi connectivity index (χ0v) is 8.25. The first-order valence-corrected chi connectivity index (χ1v) is 4.99. The summed E-state index contributed by atoms with van der Waals surface area (Å²) >= 11 is 0. The lowest BCUT2D eigenvalue weighted by Crippen LogP contribution is -2.42. The van der Waals surface area contributed by atoms with Gasteiger partial charge in [-0.1, -0.05) is 0 Å². The summed E-state index contributed by atoms with van der Waals surface area (Å²) in [6.45, 7) is 1.88. The lowest BCUT2D eigenvalue weighted by Gasteiger charge is -2.26. The van der Waals surface area contributed by atoms with Gasteiger partial charge in [0.1, 0.15) is 6.04 Å². The second-order valence-corrected chi connectivity index (χ2v) is 3.91. The van der Waals surface area contributed by atoms with Crippen molar-refractivity contribution in [3.05, 3.63) is 0 Å². The molecule has 2 rings (SSSR count). The fourth-order valence-corrected chi connectivity index (χ4v) is 2.10. The van der Waals surface area contributed by atoms with E-state index in [0.717, 1.165) is 25.9 Å². The summed E-state index contributed by atoms with van der Waals surface area (Å²) in [4.78, 5) is 24.0. The molecule has 2 fully saturated rings. The molecule has 5 nitrogen and oxygen atoms in total. The largest absolute Gasteiger partial charge is 0.326 e. The van der Waals surface area contributed by atoms with E-state index in [1.54, 1.807) is 0 Å². The third-order valence-corrected chi connectivity index (χ3v) is 3.04. The third-order valence-electron chi connectivity index (χ3n) is 3.04. The Morgan fingerprint density at radius 1 is 1.29 bits per heavy atom. The highest BCUT2D eigenvalue weighted by molar-refractivity contribution is 6.04. The van der Waals surface area contributed by atoms with Crippen LogP contribution in [0.15, 0.2) is 0 Å². The minimum Gasteiger partial charge on any atom is -0.326 e. The van der Waals surface area contributed by atoms with Gasteiger partial charge in [-0.3, -0.25) is 9.69 Å². The van der Waals surface area contributed by atoms with E-state index in [0.29, 0.717) is 5.92 Å². The molecule has 2 aliphatic heterocycles. The first-order valence-electron chi connectivity index (χ1n) is 4.99. The van der Waals surface area contributed by atoms with Gasteiger partial charge in [0.15, 0.2) is 0 Å². The molecule has 5 heteroatoms. The van der Waals surface area contributed by atoms with E-state index in [-0.39, 0.29) is 18.0 Å². The van der Waals surface area contributed by atoms with Crippen LogP contribution in [-0.2, 0) is 4.79 Å². The minimum absolute atomic E-state index is 0.0816. The Morgan fingerprint density at radius 3 is 2.43 bits per heavy atom. The number of nitrogens with zero attached hydrogens (tertiary/aromatic N) is 1. The maximum absolute atomic E-state index is 11.6. The predicted molar refractivity (Wildman–Crippen MR) is 50.7 cm³/mol. The van der Waals surface area contributed by atoms with Crippen LogP contribution in [0.1, 0.15) is 12.8 Å². The molecule has 2 aliphatic rings. The highest BCUT2D eigenvalue weighted by atomic mass is 16.2. The van der Waals surface area contributed by atoms with Gasteiger partial charge in [0.2, 0.25) is 0 Å². The first kappa shape index (κ1) is 9.45. The normalized spacial score (nSPS) is 29.5. The molecular weight excluding hydrogens is 182 g/mol. The molecule has 0 saturated carbocycles. The van der Waals surface area contributed by atoms with Gasteiger partial charge in [-0.15, -0.1) is 0 Å². The fraction of sp³-hybridized carbons (Fsp3) is 0.778. The maximum Gasteiger partial charge on any atom is 0.324 e. The summed E-state index contributed by atoms with van der Waals surface area (Å²) in [6.07, 6.45) is 1.93. The molecule has 1 atom stereocenters. The summed E-state index contributed by atoms with van der Waals surface area (Å²) in [5.74, 6) is 0.222. The fourth-order valence-electron chi connectivity index (χ4n) is 2.10. The van der Waals surface area contributed by atoms with Crippen LogP contribution in [0.25, 0.3) is 0 Å². The van der Waals surface area contributed by atoms with Gasteiger partial charge in [-0.25, -0.2) is 4.79 Å². The predicted octanol–water partition coefficient (Wildman–Crippen LogP) is -0.464. The van der Waals surface area contributed by atoms with Crippen molar-refractivity contribution in [1.29, 1.82) is 0 Å². The van der Waals surface area contributed by atoms with Crippen LogP contribution >= 0.6 is 0 Å². The Morgan fingerprint density at radius 2 is 1.93 bits per heavy atom. The Hall–Kier alpha value is -1.10. The van der Waals surface area contributed by atoms with E-state index in [1.807, 2.05) is 0 Å². The van der Waals surface area contributed by atoms with Crippen molar-refractivity contribution >= 4 is 11.9 Å². The van der Waals surface area contributed by atoms with Gasteiger partial charge < -0.3 is 10.6 Å². The van der Waals surface area contributed by atoms with Crippen LogP contribution in [-0.4, -0.2) is 43.0 Å². The van der Waals surface area contributed by atoms with Crippen LogP contribution in [0.3, 0.4) is 0 Å². The molecule has 14 heavy (non-hydrogen) atoms. The molecule has 2 saturated heterocycles. The van der Waals surface area contributed by atoms with E-state index < -0.39 is 0 Å². The van der Waals surface area contributed by atoms with Crippen LogP contribution in [0.4, 0.5) is 4.79 Å². The lowest BCUT2D eigenvalue weighted by atomic mass is 9.90. The van der Waals surface area contributed by atoms with Gasteiger partial charge in [0.25, 0.3) is 5.91 Å². The summed E-state index contributed by atoms with van der Waals surface area (Å²) in [5, 5.41) is 5.97. The highest BCUT2D eigenvalue weighted by Crippen LogP contribution is 2.20. The van der Waals surface area contributed by atoms with Crippen molar-refractivity contribution in [3.63, 3.8) is 0 Å². The number of carbonyl (C=O) groups excluding carboxylic acids is 2. The number of hydrogen-bond acceptors (Lipinski definition) is 3. The van der Waals surface area contributed by atoms with Gasteiger partial charge in [0.05, 0.1) is 0 Å². The molecule has 3 amide bonds. The van der Waals surface area contributed by atoms with Crippen molar-refractivity contribution in [2.75, 3.05) is 20.1 Å². The maximum atomic E-state index is 11.6. The van der Waals surface area contributed by atoms with Crippen LogP contribution in [0, 0.1) is 5.92 Å². The van der Waals surface area contributed by atoms with E-state index in [1.165, 1.54) is 11.9 Å². The van der Waals surface area contributed by atoms with Crippen molar-refractivity contribution in [2.45, 2.75) is 18.9 Å². The zero-order chi connectivity index (χ0) is 10.1.